The van der Waals surface area contributed by atoms with Crippen LogP contribution in [0.5, 0.6) is 0 Å². The maximum atomic E-state index is 14.8. The number of rotatable bonds is 5. The third-order valence-electron chi connectivity index (χ3n) is 5.80. The average molecular weight is 441 g/mol. The summed E-state index contributed by atoms with van der Waals surface area (Å²) in [6.07, 6.45) is 2.77. The summed E-state index contributed by atoms with van der Waals surface area (Å²) in [6, 6.07) is 5.22. The van der Waals surface area contributed by atoms with Crippen LogP contribution in [0, 0.1) is 5.82 Å². The molecule has 7 nitrogen and oxygen atoms in total. The van der Waals surface area contributed by atoms with Gasteiger partial charge in [0.15, 0.2) is 5.82 Å². The molecule has 1 aliphatic rings. The highest BCUT2D eigenvalue weighted by Crippen LogP contribution is 2.36. The SMILES string of the molecule is CC(C)c1c(C(C)(C)O)cnc2ccc(-c3nc(N[C@@H]4CCOC[C@H]4O)ncc3F)cc12. The van der Waals surface area contributed by atoms with Gasteiger partial charge in [-0.2, -0.15) is 0 Å². The van der Waals surface area contributed by atoms with Crippen LogP contribution in [0.15, 0.2) is 30.6 Å². The number of ether oxygens (including phenoxy) is 1. The maximum absolute atomic E-state index is 14.8. The Hall–Kier alpha value is -2.68. The van der Waals surface area contributed by atoms with Gasteiger partial charge in [-0.05, 0) is 43.9 Å². The van der Waals surface area contributed by atoms with Gasteiger partial charge >= 0.3 is 0 Å². The van der Waals surface area contributed by atoms with Crippen LogP contribution in [-0.2, 0) is 10.3 Å². The van der Waals surface area contributed by atoms with Gasteiger partial charge in [-0.3, -0.25) is 4.98 Å². The van der Waals surface area contributed by atoms with Gasteiger partial charge < -0.3 is 20.3 Å². The molecule has 1 fully saturated rings. The van der Waals surface area contributed by atoms with E-state index in [1.54, 1.807) is 26.1 Å². The summed E-state index contributed by atoms with van der Waals surface area (Å²) in [5, 5.41) is 24.7. The van der Waals surface area contributed by atoms with Crippen molar-refractivity contribution in [3.05, 3.63) is 47.5 Å². The molecule has 2 aromatic heterocycles. The van der Waals surface area contributed by atoms with Gasteiger partial charge in [-0.15, -0.1) is 0 Å². The van der Waals surface area contributed by atoms with Crippen molar-refractivity contribution in [2.45, 2.75) is 57.8 Å². The molecule has 0 amide bonds. The quantitative estimate of drug-likeness (QED) is 0.556. The van der Waals surface area contributed by atoms with Gasteiger partial charge in [0.2, 0.25) is 5.95 Å². The van der Waals surface area contributed by atoms with Crippen molar-refractivity contribution in [3.63, 3.8) is 0 Å². The molecule has 0 radical (unpaired) electrons. The molecule has 1 aliphatic heterocycles. The van der Waals surface area contributed by atoms with Crippen LogP contribution in [0.1, 0.15) is 51.2 Å². The molecule has 3 N–H and O–H groups in total. The van der Waals surface area contributed by atoms with Gasteiger partial charge in [0, 0.05) is 29.3 Å². The highest BCUT2D eigenvalue weighted by molar-refractivity contribution is 5.88. The first-order valence-corrected chi connectivity index (χ1v) is 10.9. The largest absolute Gasteiger partial charge is 0.389 e. The lowest BCUT2D eigenvalue weighted by atomic mass is 9.86. The summed E-state index contributed by atoms with van der Waals surface area (Å²) in [7, 11) is 0. The number of fused-ring (bicyclic) bond motifs is 1. The molecule has 32 heavy (non-hydrogen) atoms. The fourth-order valence-electron chi connectivity index (χ4n) is 4.17. The Labute approximate surface area is 186 Å². The van der Waals surface area contributed by atoms with Crippen LogP contribution in [-0.4, -0.2) is 50.5 Å². The van der Waals surface area contributed by atoms with Crippen molar-refractivity contribution < 1.29 is 19.3 Å². The van der Waals surface area contributed by atoms with Crippen LogP contribution in [0.3, 0.4) is 0 Å². The molecule has 0 unspecified atom stereocenters. The third kappa shape index (κ3) is 4.44. The van der Waals surface area contributed by atoms with Crippen LogP contribution < -0.4 is 5.32 Å². The van der Waals surface area contributed by atoms with E-state index in [4.69, 9.17) is 4.74 Å². The average Bonchev–Trinajstić information content (AvgIpc) is 2.74. The van der Waals surface area contributed by atoms with E-state index in [2.05, 4.69) is 34.1 Å². The van der Waals surface area contributed by atoms with Crippen molar-refractivity contribution in [1.29, 1.82) is 0 Å². The van der Waals surface area contributed by atoms with Crippen molar-refractivity contribution in [3.8, 4) is 11.3 Å². The van der Waals surface area contributed by atoms with E-state index in [9.17, 15) is 14.6 Å². The summed E-state index contributed by atoms with van der Waals surface area (Å²) in [5.74, 6) is -0.167. The first-order chi connectivity index (χ1) is 15.1. The first-order valence-electron chi connectivity index (χ1n) is 10.9. The van der Waals surface area contributed by atoms with E-state index in [1.807, 2.05) is 12.1 Å². The molecular formula is C24H29FN4O3. The number of nitrogens with zero attached hydrogens (tertiary/aromatic N) is 3. The molecule has 170 valence electrons. The topological polar surface area (TPSA) is 100 Å². The van der Waals surface area contributed by atoms with E-state index in [-0.39, 0.29) is 30.2 Å². The lowest BCUT2D eigenvalue weighted by molar-refractivity contribution is -0.0136. The Morgan fingerprint density at radius 3 is 2.69 bits per heavy atom. The van der Waals surface area contributed by atoms with E-state index >= 15 is 0 Å². The number of benzene rings is 1. The minimum Gasteiger partial charge on any atom is -0.389 e. The second kappa shape index (κ2) is 8.69. The summed E-state index contributed by atoms with van der Waals surface area (Å²) < 4.78 is 20.0. The molecule has 2 atom stereocenters. The van der Waals surface area contributed by atoms with Gasteiger partial charge in [0.05, 0.1) is 36.1 Å². The Morgan fingerprint density at radius 1 is 1.22 bits per heavy atom. The number of pyridine rings is 1. The number of aromatic nitrogens is 3. The number of aliphatic hydroxyl groups excluding tert-OH is 1. The number of aliphatic hydroxyl groups is 2. The lowest BCUT2D eigenvalue weighted by Gasteiger charge is -2.28. The molecule has 0 bridgehead atoms. The number of hydrogen-bond donors (Lipinski definition) is 3. The van der Waals surface area contributed by atoms with E-state index in [0.29, 0.717) is 18.6 Å². The zero-order valence-corrected chi connectivity index (χ0v) is 18.8. The molecular weight excluding hydrogens is 411 g/mol. The summed E-state index contributed by atoms with van der Waals surface area (Å²) >= 11 is 0. The Bertz CT molecular complexity index is 1130. The number of halogens is 1. The monoisotopic (exact) mass is 440 g/mol. The lowest BCUT2D eigenvalue weighted by Crippen LogP contribution is -2.42. The van der Waals surface area contributed by atoms with Crippen molar-refractivity contribution in [1.82, 2.24) is 15.0 Å². The van der Waals surface area contributed by atoms with E-state index in [0.717, 1.165) is 28.2 Å². The zero-order chi connectivity index (χ0) is 23.0. The second-order valence-electron chi connectivity index (χ2n) is 9.10. The molecule has 0 aliphatic carbocycles. The maximum Gasteiger partial charge on any atom is 0.223 e. The first kappa shape index (κ1) is 22.5. The predicted molar refractivity (Wildman–Crippen MR) is 121 cm³/mol. The highest BCUT2D eigenvalue weighted by atomic mass is 19.1. The molecule has 3 aromatic rings. The second-order valence-corrected chi connectivity index (χ2v) is 9.10. The smallest absolute Gasteiger partial charge is 0.223 e. The minimum absolute atomic E-state index is 0.125. The number of anilines is 1. The molecule has 4 rings (SSSR count). The van der Waals surface area contributed by atoms with Crippen molar-refractivity contribution in [2.75, 3.05) is 18.5 Å². The summed E-state index contributed by atoms with van der Waals surface area (Å²) in [6.45, 7) is 8.36. The molecule has 8 heteroatoms. The van der Waals surface area contributed by atoms with Crippen molar-refractivity contribution in [2.24, 2.45) is 0 Å². The fourth-order valence-corrected chi connectivity index (χ4v) is 4.17. The Morgan fingerprint density at radius 2 is 2.00 bits per heavy atom. The van der Waals surface area contributed by atoms with Crippen LogP contribution in [0.2, 0.25) is 0 Å². The van der Waals surface area contributed by atoms with Crippen LogP contribution >= 0.6 is 0 Å². The fraction of sp³-hybridized carbons (Fsp3) is 0.458. The Balaban J connectivity index is 1.78. The van der Waals surface area contributed by atoms with Crippen molar-refractivity contribution >= 4 is 16.9 Å². The van der Waals surface area contributed by atoms with Gasteiger partial charge in [0.1, 0.15) is 5.69 Å². The molecule has 0 saturated carbocycles. The molecule has 1 aromatic carbocycles. The summed E-state index contributed by atoms with van der Waals surface area (Å²) in [5.41, 5.74) is 2.18. The molecule has 0 spiro atoms. The van der Waals surface area contributed by atoms with Gasteiger partial charge in [-0.25, -0.2) is 14.4 Å². The standard InChI is InChI=1S/C24H29FN4O3/c1-13(2)21-15-9-14(5-6-18(15)26-10-16(21)24(3,4)31)22-17(25)11-27-23(29-22)28-19-7-8-32-12-20(19)30/h5-6,9-11,13,19-20,30-31H,7-8,12H2,1-4H3,(H,27,28,29)/t19-,20-/m1/s1. The minimum atomic E-state index is -1.06. The summed E-state index contributed by atoms with van der Waals surface area (Å²) in [4.78, 5) is 13.0. The van der Waals surface area contributed by atoms with Gasteiger partial charge in [0.25, 0.3) is 0 Å². The number of hydrogen-bond acceptors (Lipinski definition) is 7. The van der Waals surface area contributed by atoms with E-state index < -0.39 is 17.5 Å². The normalized spacial score (nSPS) is 19.5. The third-order valence-corrected chi connectivity index (χ3v) is 5.80. The van der Waals surface area contributed by atoms with Crippen LogP contribution in [0.25, 0.3) is 22.2 Å². The highest BCUT2D eigenvalue weighted by Gasteiger charge is 2.26. The van der Waals surface area contributed by atoms with Crippen LogP contribution in [0.4, 0.5) is 10.3 Å². The molecule has 1 saturated heterocycles. The number of nitrogens with one attached hydrogen (secondary N) is 1. The predicted octanol–water partition coefficient (Wildman–Crippen LogP) is 3.74. The Kier molecular flexibility index (Phi) is 6.11. The van der Waals surface area contributed by atoms with E-state index in [1.165, 1.54) is 0 Å². The zero-order valence-electron chi connectivity index (χ0n) is 18.8. The molecule has 3 heterocycles. The van der Waals surface area contributed by atoms with Gasteiger partial charge in [-0.1, -0.05) is 19.9 Å².